The maximum atomic E-state index is 8.67. The lowest BCUT2D eigenvalue weighted by molar-refractivity contribution is 0.426. The van der Waals surface area contributed by atoms with E-state index in [2.05, 4.69) is 0 Å². The molecule has 0 heterocycles. The van der Waals surface area contributed by atoms with Crippen LogP contribution in [0.15, 0.2) is 24.3 Å². The Bertz CT molecular complexity index is 207. The van der Waals surface area contributed by atoms with Gasteiger partial charge in [0.1, 0.15) is 7.85 Å². The topological polar surface area (TPSA) is 40.5 Å². The van der Waals surface area contributed by atoms with Crippen molar-refractivity contribution in [3.05, 3.63) is 24.3 Å². The summed E-state index contributed by atoms with van der Waals surface area (Å²) in [7, 11) is 0.605. The van der Waals surface area contributed by atoms with E-state index in [4.69, 9.17) is 10.0 Å². The van der Waals surface area contributed by atoms with Crippen LogP contribution in [0.2, 0.25) is 0 Å². The Morgan fingerprint density at radius 3 is 2.00 bits per heavy atom. The smallest absolute Gasteiger partial charge is 0.423 e. The van der Waals surface area contributed by atoms with Crippen molar-refractivity contribution in [3.63, 3.8) is 0 Å². The first kappa shape index (κ1) is 7.38. The third-order valence-electron chi connectivity index (χ3n) is 1.38. The predicted molar refractivity (Wildman–Crippen MR) is 44.4 cm³/mol. The summed E-state index contributed by atoms with van der Waals surface area (Å²) in [6, 6.07) is 7.07. The van der Waals surface area contributed by atoms with Crippen LogP contribution in [0.4, 0.5) is 0 Å². The van der Waals surface area contributed by atoms with E-state index in [9.17, 15) is 0 Å². The van der Waals surface area contributed by atoms with Crippen LogP contribution in [0.25, 0.3) is 0 Å². The van der Waals surface area contributed by atoms with E-state index in [0.29, 0.717) is 5.46 Å². The lowest BCUT2D eigenvalue weighted by atomic mass is 9.79. The third-order valence-corrected chi connectivity index (χ3v) is 1.38. The molecule has 0 bridgehead atoms. The molecule has 4 heteroatoms. The van der Waals surface area contributed by atoms with Gasteiger partial charge in [-0.2, -0.15) is 0 Å². The Morgan fingerprint density at radius 1 is 1.10 bits per heavy atom. The second-order valence-corrected chi connectivity index (χ2v) is 2.28. The minimum absolute atomic E-state index is 0.533. The molecule has 0 amide bonds. The molecule has 2 N–H and O–H groups in total. The number of benzene rings is 1. The molecule has 0 unspecified atom stereocenters. The van der Waals surface area contributed by atoms with Gasteiger partial charge >= 0.3 is 7.12 Å². The molecule has 2 nitrogen and oxygen atoms in total. The van der Waals surface area contributed by atoms with Gasteiger partial charge < -0.3 is 10.0 Å². The van der Waals surface area contributed by atoms with Gasteiger partial charge in [0.15, 0.2) is 0 Å². The van der Waals surface area contributed by atoms with Crippen molar-refractivity contribution < 1.29 is 10.0 Å². The molecule has 1 rings (SSSR count). The number of rotatable bonds is 1. The molecule has 0 saturated heterocycles. The minimum Gasteiger partial charge on any atom is -0.423 e. The lowest BCUT2D eigenvalue weighted by Gasteiger charge is -1.97. The Kier molecular flexibility index (Phi) is 2.14. The van der Waals surface area contributed by atoms with Crippen molar-refractivity contribution in [1.29, 1.82) is 0 Å². The van der Waals surface area contributed by atoms with Gasteiger partial charge in [-0.05, 0) is 5.46 Å². The van der Waals surface area contributed by atoms with Crippen LogP contribution in [-0.4, -0.2) is 25.0 Å². The van der Waals surface area contributed by atoms with E-state index < -0.39 is 7.12 Å². The zero-order valence-corrected chi connectivity index (χ0v) is 5.78. The van der Waals surface area contributed by atoms with E-state index in [0.717, 1.165) is 5.46 Å². The molecule has 0 fully saturated rings. The maximum Gasteiger partial charge on any atom is 0.488 e. The molecule has 0 aliphatic heterocycles. The van der Waals surface area contributed by atoms with Crippen LogP contribution in [0.3, 0.4) is 0 Å². The molecular weight excluding hydrogens is 126 g/mol. The molecule has 0 spiro atoms. The minimum atomic E-state index is -1.35. The first-order valence-corrected chi connectivity index (χ1v) is 3.13. The van der Waals surface area contributed by atoms with E-state index in [1.807, 2.05) is 20.0 Å². The van der Waals surface area contributed by atoms with Crippen molar-refractivity contribution in [2.45, 2.75) is 0 Å². The molecule has 0 aromatic heterocycles. The fourth-order valence-electron chi connectivity index (χ4n) is 0.739. The Balaban J connectivity index is 2.89. The highest BCUT2D eigenvalue weighted by Gasteiger charge is 2.08. The van der Waals surface area contributed by atoms with Crippen LogP contribution in [0, 0.1) is 0 Å². The zero-order chi connectivity index (χ0) is 7.56. The van der Waals surface area contributed by atoms with E-state index >= 15 is 0 Å². The van der Waals surface area contributed by atoms with Crippen molar-refractivity contribution in [2.24, 2.45) is 0 Å². The van der Waals surface area contributed by atoms with E-state index in [-0.39, 0.29) is 0 Å². The average molecular weight is 134 g/mol. The molecule has 1 aromatic rings. The standard InChI is InChI=1S/C6H8B2O2/c7-5-1-3-6(4-2-5)8(9)10/h1-4,9-10H,7H2. The highest BCUT2D eigenvalue weighted by Crippen LogP contribution is 1.79. The molecule has 1 aromatic carbocycles. The van der Waals surface area contributed by atoms with Crippen LogP contribution in [-0.2, 0) is 0 Å². The molecule has 0 atom stereocenters. The number of hydrogen-bond donors (Lipinski definition) is 2. The van der Waals surface area contributed by atoms with Crippen LogP contribution in [0.5, 0.6) is 0 Å². The maximum absolute atomic E-state index is 8.67. The Hall–Kier alpha value is -0.730. The summed E-state index contributed by atoms with van der Waals surface area (Å²) < 4.78 is 0. The highest BCUT2D eigenvalue weighted by atomic mass is 16.4. The van der Waals surface area contributed by atoms with Gasteiger partial charge in [0.25, 0.3) is 0 Å². The summed E-state index contributed by atoms with van der Waals surface area (Å²) in [6.07, 6.45) is 0. The number of hydrogen-bond acceptors (Lipinski definition) is 2. The summed E-state index contributed by atoms with van der Waals surface area (Å²) >= 11 is 0. The Morgan fingerprint density at radius 2 is 1.60 bits per heavy atom. The van der Waals surface area contributed by atoms with Crippen LogP contribution in [0.1, 0.15) is 0 Å². The van der Waals surface area contributed by atoms with Gasteiger partial charge in [-0.3, -0.25) is 0 Å². The SMILES string of the molecule is Bc1ccc(B(O)O)cc1. The first-order chi connectivity index (χ1) is 4.70. The molecule has 0 saturated carbocycles. The monoisotopic (exact) mass is 134 g/mol. The van der Waals surface area contributed by atoms with E-state index in [1.54, 1.807) is 12.1 Å². The molecular formula is C6H8B2O2. The lowest BCUT2D eigenvalue weighted by Crippen LogP contribution is -2.30. The van der Waals surface area contributed by atoms with Crippen molar-refractivity contribution in [2.75, 3.05) is 0 Å². The van der Waals surface area contributed by atoms with Crippen molar-refractivity contribution >= 4 is 25.9 Å². The summed E-state index contributed by atoms with van der Waals surface area (Å²) in [6.45, 7) is 0. The fraction of sp³-hybridized carbons (Fsp3) is 0. The quantitative estimate of drug-likeness (QED) is 0.421. The first-order valence-electron chi connectivity index (χ1n) is 3.13. The summed E-state index contributed by atoms with van der Waals surface area (Å²) in [5, 5.41) is 17.3. The van der Waals surface area contributed by atoms with Gasteiger partial charge in [-0.1, -0.05) is 29.7 Å². The normalized spacial score (nSPS) is 9.40. The Labute approximate surface area is 61.1 Å². The van der Waals surface area contributed by atoms with Gasteiger partial charge in [0.2, 0.25) is 0 Å². The van der Waals surface area contributed by atoms with Gasteiger partial charge in [0.05, 0.1) is 0 Å². The third kappa shape index (κ3) is 1.62. The second-order valence-electron chi connectivity index (χ2n) is 2.28. The van der Waals surface area contributed by atoms with Gasteiger partial charge in [0, 0.05) is 0 Å². The summed E-state index contributed by atoms with van der Waals surface area (Å²) in [4.78, 5) is 0. The van der Waals surface area contributed by atoms with Crippen molar-refractivity contribution in [3.8, 4) is 0 Å². The molecule has 0 aliphatic rings. The fourth-order valence-corrected chi connectivity index (χ4v) is 0.739. The average Bonchev–Trinajstić information content (AvgIpc) is 1.88. The predicted octanol–water partition coefficient (Wildman–Crippen LogP) is -2.38. The van der Waals surface area contributed by atoms with Crippen LogP contribution >= 0.6 is 0 Å². The molecule has 0 radical (unpaired) electrons. The zero-order valence-electron chi connectivity index (χ0n) is 5.78. The molecule has 0 aliphatic carbocycles. The summed E-state index contributed by atoms with van der Waals surface area (Å²) in [5.41, 5.74) is 1.65. The highest BCUT2D eigenvalue weighted by molar-refractivity contribution is 6.58. The molecule has 10 heavy (non-hydrogen) atoms. The molecule has 50 valence electrons. The largest absolute Gasteiger partial charge is 0.488 e. The van der Waals surface area contributed by atoms with Gasteiger partial charge in [-0.25, -0.2) is 0 Å². The second kappa shape index (κ2) is 2.90. The van der Waals surface area contributed by atoms with Crippen molar-refractivity contribution in [1.82, 2.24) is 0 Å². The van der Waals surface area contributed by atoms with E-state index in [1.165, 1.54) is 0 Å². The van der Waals surface area contributed by atoms with Gasteiger partial charge in [-0.15, -0.1) is 0 Å². The van der Waals surface area contributed by atoms with Crippen LogP contribution < -0.4 is 10.9 Å². The summed E-state index contributed by atoms with van der Waals surface area (Å²) in [5.74, 6) is 0.